The summed E-state index contributed by atoms with van der Waals surface area (Å²) in [5.74, 6) is 2.08. The summed E-state index contributed by atoms with van der Waals surface area (Å²) < 4.78 is 21.6. The molecular formula is C43H64Cl2N4O6. The molecule has 4 aliphatic carbocycles. The number of ether oxygens (including phenoxy) is 3. The number of esters is 3. The number of anilines is 2. The minimum atomic E-state index is -0.196. The normalized spacial score (nSPS) is 31.2. The van der Waals surface area contributed by atoms with Crippen molar-refractivity contribution in [3.63, 3.8) is 0 Å². The van der Waals surface area contributed by atoms with Crippen molar-refractivity contribution >= 4 is 29.3 Å². The fourth-order valence-corrected chi connectivity index (χ4v) is 11.5. The molecule has 0 N–H and O–H groups in total. The van der Waals surface area contributed by atoms with E-state index in [0.29, 0.717) is 41.9 Å². The second-order valence-electron chi connectivity index (χ2n) is 17.6. The van der Waals surface area contributed by atoms with Crippen LogP contribution in [0.25, 0.3) is 0 Å². The second kappa shape index (κ2) is 18.4. The lowest BCUT2D eigenvalue weighted by Crippen LogP contribution is -3.00. The molecule has 4 fully saturated rings. The largest absolute Gasteiger partial charge is 1.00 e. The van der Waals surface area contributed by atoms with E-state index in [-0.39, 0.29) is 78.8 Å². The van der Waals surface area contributed by atoms with Crippen LogP contribution in [0.5, 0.6) is 0 Å². The van der Waals surface area contributed by atoms with Gasteiger partial charge in [0.1, 0.15) is 12.2 Å². The fourth-order valence-electron chi connectivity index (χ4n) is 11.5. The summed E-state index contributed by atoms with van der Waals surface area (Å²) in [6.07, 6.45) is 16.9. The number of pyridine rings is 2. The number of hydrogen-bond acceptors (Lipinski definition) is 8. The third-order valence-electron chi connectivity index (χ3n) is 14.5. The van der Waals surface area contributed by atoms with E-state index in [1.165, 1.54) is 7.11 Å². The Morgan fingerprint density at radius 2 is 1.33 bits per heavy atom. The highest BCUT2D eigenvalue weighted by Crippen LogP contribution is 2.69. The Bertz CT molecular complexity index is 1610. The van der Waals surface area contributed by atoms with E-state index < -0.39 is 0 Å². The highest BCUT2D eigenvalue weighted by molar-refractivity contribution is 5.69. The summed E-state index contributed by atoms with van der Waals surface area (Å²) in [7, 11) is 9.48. The average molecular weight is 804 g/mol. The molecule has 0 saturated heterocycles. The van der Waals surface area contributed by atoms with Crippen LogP contribution in [0.2, 0.25) is 0 Å². The Kier molecular flexibility index (Phi) is 15.0. The van der Waals surface area contributed by atoms with E-state index >= 15 is 0 Å². The van der Waals surface area contributed by atoms with Crippen LogP contribution in [0.3, 0.4) is 0 Å². The van der Waals surface area contributed by atoms with Crippen molar-refractivity contribution in [1.82, 2.24) is 0 Å². The van der Waals surface area contributed by atoms with Crippen molar-refractivity contribution in [1.29, 1.82) is 0 Å². The lowest BCUT2D eigenvalue weighted by molar-refractivity contribution is -0.686. The molecule has 2 aromatic heterocycles. The molecule has 10 nitrogen and oxygen atoms in total. The van der Waals surface area contributed by atoms with Crippen LogP contribution >= 0.6 is 0 Å². The molecule has 0 spiro atoms. The first-order chi connectivity index (χ1) is 25.2. The molecule has 0 radical (unpaired) electrons. The molecular weight excluding hydrogens is 739 g/mol. The molecule has 0 aliphatic heterocycles. The Labute approximate surface area is 341 Å². The smallest absolute Gasteiger partial charge is 0.372 e. The van der Waals surface area contributed by atoms with Crippen LogP contribution in [-0.2, 0) is 41.7 Å². The van der Waals surface area contributed by atoms with Crippen LogP contribution in [-0.4, -0.2) is 65.4 Å². The van der Waals surface area contributed by atoms with Gasteiger partial charge in [0.05, 0.1) is 7.11 Å². The molecule has 0 aromatic carbocycles. The molecule has 2 aromatic rings. The highest BCUT2D eigenvalue weighted by atomic mass is 35.5. The van der Waals surface area contributed by atoms with Crippen LogP contribution < -0.4 is 43.7 Å². The summed E-state index contributed by atoms with van der Waals surface area (Å²) in [6, 6.07) is 8.05. The number of rotatable bonds is 12. The maximum absolute atomic E-state index is 13.8. The molecule has 4 saturated carbocycles. The van der Waals surface area contributed by atoms with Gasteiger partial charge in [-0.1, -0.05) is 20.8 Å². The Morgan fingerprint density at radius 3 is 1.87 bits per heavy atom. The number of methoxy groups -OCH3 is 1. The lowest BCUT2D eigenvalue weighted by atomic mass is 9.43. The number of aromatic nitrogens is 2. The fraction of sp³-hybridized carbons (Fsp3) is 0.698. The summed E-state index contributed by atoms with van der Waals surface area (Å²) in [5, 5.41) is 0. The standard InChI is InChI=1S/C43H64N4O6.2ClH/c1-29(9-14-39(48)51-8)35-12-13-36-34-11-10-30-25-33(52-40(49)27-46-21-16-31(17-22-46)44(4)5)15-20-42(30,2)37(34)26-38(43(35,36)3)53-41(50)28-47-23-18-32(19-24-47)45(6)7;;/h16-19,21-24,29-30,33-38H,9-15,20,25-28H2,1-8H3;2*1H/q+2;;/p-2/t29-,30-,33-,34+,35-,36+,37+,38+,42+,43-;;/m1../s1. The molecule has 55 heavy (non-hydrogen) atoms. The van der Waals surface area contributed by atoms with E-state index in [2.05, 4.69) is 20.8 Å². The van der Waals surface area contributed by atoms with Gasteiger partial charge in [0.25, 0.3) is 0 Å². The first-order valence-electron chi connectivity index (χ1n) is 20.0. The zero-order chi connectivity index (χ0) is 38.1. The quantitative estimate of drug-likeness (QED) is 0.166. The van der Waals surface area contributed by atoms with E-state index in [9.17, 15) is 14.4 Å². The van der Waals surface area contributed by atoms with Crippen molar-refractivity contribution in [3.05, 3.63) is 49.1 Å². The van der Waals surface area contributed by atoms with Crippen molar-refractivity contribution < 1.29 is 62.5 Å². The zero-order valence-corrected chi connectivity index (χ0v) is 35.7. The Balaban J connectivity index is 0.00000336. The van der Waals surface area contributed by atoms with Crippen molar-refractivity contribution in [2.75, 3.05) is 45.1 Å². The van der Waals surface area contributed by atoms with Crippen molar-refractivity contribution in [2.24, 2.45) is 46.3 Å². The molecule has 0 amide bonds. The molecule has 12 heteroatoms. The van der Waals surface area contributed by atoms with Gasteiger partial charge in [0.2, 0.25) is 13.1 Å². The summed E-state index contributed by atoms with van der Waals surface area (Å²) >= 11 is 0. The first kappa shape index (κ1) is 44.6. The van der Waals surface area contributed by atoms with Crippen LogP contribution in [0.1, 0.15) is 85.0 Å². The molecule has 2 heterocycles. The molecule has 6 rings (SSSR count). The van der Waals surface area contributed by atoms with Gasteiger partial charge in [0, 0.05) is 75.7 Å². The van der Waals surface area contributed by atoms with Crippen LogP contribution in [0.15, 0.2) is 49.1 Å². The number of halogens is 2. The maximum Gasteiger partial charge on any atom is 0.372 e. The number of carbonyl (C=O) groups excluding carboxylic acids is 3. The maximum atomic E-state index is 13.8. The number of fused-ring (bicyclic) bond motifs is 5. The van der Waals surface area contributed by atoms with Gasteiger partial charge in [0.15, 0.2) is 24.8 Å². The molecule has 0 bridgehead atoms. The van der Waals surface area contributed by atoms with Gasteiger partial charge in [-0.2, -0.15) is 9.13 Å². The monoisotopic (exact) mass is 802 g/mol. The second-order valence-corrected chi connectivity index (χ2v) is 17.6. The third-order valence-corrected chi connectivity index (χ3v) is 14.5. The lowest BCUT2D eigenvalue weighted by Gasteiger charge is -2.62. The summed E-state index contributed by atoms with van der Waals surface area (Å²) in [6.45, 7) is 7.57. The van der Waals surface area contributed by atoms with E-state index in [0.717, 1.165) is 69.2 Å². The molecule has 0 unspecified atom stereocenters. The minimum Gasteiger partial charge on any atom is -1.00 e. The van der Waals surface area contributed by atoms with Gasteiger partial charge in [-0.15, -0.1) is 0 Å². The summed E-state index contributed by atoms with van der Waals surface area (Å²) in [5.41, 5.74) is 2.10. The Morgan fingerprint density at radius 1 is 0.764 bits per heavy atom. The van der Waals surface area contributed by atoms with Gasteiger partial charge in [-0.05, 0) is 98.7 Å². The van der Waals surface area contributed by atoms with E-state index in [4.69, 9.17) is 14.2 Å². The van der Waals surface area contributed by atoms with Crippen molar-refractivity contribution in [3.8, 4) is 0 Å². The zero-order valence-electron chi connectivity index (χ0n) is 34.2. The third kappa shape index (κ3) is 9.38. The van der Waals surface area contributed by atoms with Crippen LogP contribution in [0, 0.1) is 46.3 Å². The van der Waals surface area contributed by atoms with E-state index in [1.807, 2.05) is 96.2 Å². The average Bonchev–Trinajstić information content (AvgIpc) is 3.49. The number of nitrogens with zero attached hydrogens (tertiary/aromatic N) is 4. The predicted molar refractivity (Wildman–Crippen MR) is 203 cm³/mol. The highest BCUT2D eigenvalue weighted by Gasteiger charge is 2.65. The molecule has 4 aliphatic rings. The van der Waals surface area contributed by atoms with Gasteiger partial charge in [-0.3, -0.25) is 4.79 Å². The minimum absolute atomic E-state index is 0. The topological polar surface area (TPSA) is 93.1 Å². The SMILES string of the molecule is COC(=O)CC[C@@H](C)[C@H]1CC[C@H]2[C@@H]3CC[C@@H]4C[C@H](OC(=O)C[n+]5ccc(N(C)C)cc5)CC[C@]4(C)[C@H]3C[C@H](OC(=O)C[n+]3ccc(N(C)C)cc3)[C@]12C.[Cl-].[Cl-]. The number of carbonyl (C=O) groups is 3. The van der Waals surface area contributed by atoms with Gasteiger partial charge in [-0.25, -0.2) is 9.59 Å². The molecule has 10 atom stereocenters. The Hall–Kier alpha value is -3.11. The molecule has 306 valence electrons. The first-order valence-corrected chi connectivity index (χ1v) is 20.0. The predicted octanol–water partition coefficient (Wildman–Crippen LogP) is -0.216. The van der Waals surface area contributed by atoms with Crippen molar-refractivity contribution in [2.45, 2.75) is 110 Å². The van der Waals surface area contributed by atoms with E-state index in [1.54, 1.807) is 0 Å². The van der Waals surface area contributed by atoms with Gasteiger partial charge >= 0.3 is 17.9 Å². The van der Waals surface area contributed by atoms with Gasteiger partial charge < -0.3 is 48.8 Å². The van der Waals surface area contributed by atoms with Crippen LogP contribution in [0.4, 0.5) is 11.4 Å². The summed E-state index contributed by atoms with van der Waals surface area (Å²) in [4.78, 5) is 43.2. The number of hydrogen-bond donors (Lipinski definition) is 0.